The van der Waals surface area contributed by atoms with Gasteiger partial charge in [-0.1, -0.05) is 6.07 Å². The Morgan fingerprint density at radius 2 is 1.39 bits per heavy atom. The highest BCUT2D eigenvalue weighted by Gasteiger charge is 2.43. The van der Waals surface area contributed by atoms with E-state index in [1.54, 1.807) is 19.9 Å². The maximum Gasteiger partial charge on any atom is 0.416 e. The van der Waals surface area contributed by atoms with Crippen LogP contribution in [0.5, 0.6) is 0 Å². The zero-order chi connectivity index (χ0) is 41.3. The SMILES string of the molecule is Cc1cc(F)ccc1-c1cc([C@H]2CC[C@](C)(C(N)=O)N2)ncc1N(C)C(=O)C(C)(C)c1cc(C(F)(F)F)cc(C(F)(F)F)c1.O=C(O)C(O)C(O)C(=O)O. The number of carbonyl (C=O) groups is 4. The lowest BCUT2D eigenvalue weighted by molar-refractivity contribution is -0.165. The number of aliphatic hydroxyl groups is 2. The number of nitrogens with one attached hydrogen (secondary N) is 1. The van der Waals surface area contributed by atoms with E-state index >= 15 is 0 Å². The molecule has 1 fully saturated rings. The van der Waals surface area contributed by atoms with Gasteiger partial charge < -0.3 is 31.1 Å². The van der Waals surface area contributed by atoms with Crippen molar-refractivity contribution in [1.82, 2.24) is 10.3 Å². The Balaban J connectivity index is 0.000000687. The quantitative estimate of drug-likeness (QED) is 0.165. The molecule has 19 heteroatoms. The standard InChI is InChI=1S/C31H31F7N4O2.C4H6O6/c1-16-10-20(32)6-7-21(16)22-14-24(23-8-9-29(4,41-23)26(39)43)40-15-25(22)42(5)27(44)28(2,3)17-11-18(30(33,34)35)13-19(12-17)31(36,37)38;5-1(3(7)8)2(6)4(9)10/h6-7,10-15,23,41H,8-9H2,1-5H3,(H2,39,43);1-2,5-6H,(H,7,8)(H,9,10)/t23-,29-;/m1./s1. The number of primary amides is 1. The molecule has 0 spiro atoms. The first-order valence-electron chi connectivity index (χ1n) is 15.9. The van der Waals surface area contributed by atoms with E-state index in [9.17, 15) is 49.9 Å². The topological polar surface area (TPSA) is 203 Å². The minimum absolute atomic E-state index is 0.00606. The molecule has 54 heavy (non-hydrogen) atoms. The normalized spacial score (nSPS) is 18.6. The van der Waals surface area contributed by atoms with Crippen LogP contribution < -0.4 is 16.0 Å². The number of pyridine rings is 1. The van der Waals surface area contributed by atoms with Crippen molar-refractivity contribution >= 4 is 29.4 Å². The number of aliphatic carboxylic acids is 2. The van der Waals surface area contributed by atoms with Crippen LogP contribution in [0.15, 0.2) is 48.7 Å². The molecule has 2 unspecified atom stereocenters. The van der Waals surface area contributed by atoms with Crippen LogP contribution in [-0.4, -0.2) is 74.0 Å². The molecular weight excluding hydrogens is 737 g/mol. The van der Waals surface area contributed by atoms with Gasteiger partial charge in [-0.3, -0.25) is 19.9 Å². The molecule has 12 nitrogen and oxygen atoms in total. The number of aryl methyl sites for hydroxylation is 1. The zero-order valence-electron chi connectivity index (χ0n) is 29.3. The van der Waals surface area contributed by atoms with E-state index in [1.807, 2.05) is 0 Å². The van der Waals surface area contributed by atoms with Crippen LogP contribution in [0.2, 0.25) is 0 Å². The summed E-state index contributed by atoms with van der Waals surface area (Å²) in [5, 5.41) is 35.7. The zero-order valence-corrected chi connectivity index (χ0v) is 29.3. The third-order valence-corrected chi connectivity index (χ3v) is 9.02. The smallest absolute Gasteiger partial charge is 0.416 e. The fraction of sp³-hybridized carbons (Fsp3) is 0.400. The molecule has 0 aliphatic carbocycles. The fourth-order valence-corrected chi connectivity index (χ4v) is 5.68. The number of nitrogens with zero attached hydrogens (tertiary/aromatic N) is 2. The second-order valence-corrected chi connectivity index (χ2v) is 13.4. The molecule has 0 saturated carbocycles. The molecule has 2 heterocycles. The van der Waals surface area contributed by atoms with Crippen LogP contribution >= 0.6 is 0 Å². The lowest BCUT2D eigenvalue weighted by Crippen LogP contribution is -2.49. The molecule has 1 aliphatic rings. The van der Waals surface area contributed by atoms with Crippen LogP contribution in [0.3, 0.4) is 0 Å². The van der Waals surface area contributed by atoms with Crippen LogP contribution in [-0.2, 0) is 36.9 Å². The summed E-state index contributed by atoms with van der Waals surface area (Å²) in [6.07, 6.45) is -12.4. The number of anilines is 1. The molecule has 4 rings (SSSR count). The van der Waals surface area contributed by atoms with Crippen LogP contribution in [0.4, 0.5) is 36.4 Å². The van der Waals surface area contributed by atoms with Gasteiger partial charge >= 0.3 is 24.3 Å². The summed E-state index contributed by atoms with van der Waals surface area (Å²) in [6.45, 7) is 5.78. The van der Waals surface area contributed by atoms with E-state index < -0.39 is 87.8 Å². The number of rotatable bonds is 9. The average Bonchev–Trinajstić information content (AvgIpc) is 3.49. The second-order valence-electron chi connectivity index (χ2n) is 13.4. The van der Waals surface area contributed by atoms with Gasteiger partial charge in [0.05, 0.1) is 45.7 Å². The summed E-state index contributed by atoms with van der Waals surface area (Å²) in [6, 6.07) is 6.33. The van der Waals surface area contributed by atoms with Gasteiger partial charge in [0.15, 0.2) is 12.2 Å². The highest BCUT2D eigenvalue weighted by molar-refractivity contribution is 6.03. The van der Waals surface area contributed by atoms with E-state index in [2.05, 4.69) is 10.3 Å². The molecule has 294 valence electrons. The minimum Gasteiger partial charge on any atom is -0.479 e. The summed E-state index contributed by atoms with van der Waals surface area (Å²) in [4.78, 5) is 51.0. The maximum absolute atomic E-state index is 14.0. The highest BCUT2D eigenvalue weighted by atomic mass is 19.4. The van der Waals surface area contributed by atoms with Crippen molar-refractivity contribution in [3.8, 4) is 11.1 Å². The number of carboxylic acids is 2. The molecule has 1 saturated heterocycles. The molecule has 7 N–H and O–H groups in total. The average molecular weight is 775 g/mol. The van der Waals surface area contributed by atoms with Crippen molar-refractivity contribution in [2.75, 3.05) is 11.9 Å². The number of carbonyl (C=O) groups excluding carboxylic acids is 2. The Kier molecular flexibility index (Phi) is 12.6. The van der Waals surface area contributed by atoms with Gasteiger partial charge in [-0.25, -0.2) is 14.0 Å². The van der Waals surface area contributed by atoms with Crippen molar-refractivity contribution < 1.29 is 70.3 Å². The van der Waals surface area contributed by atoms with E-state index in [0.717, 1.165) is 4.90 Å². The highest BCUT2D eigenvalue weighted by Crippen LogP contribution is 2.42. The van der Waals surface area contributed by atoms with Crippen LogP contribution in [0.25, 0.3) is 11.1 Å². The maximum atomic E-state index is 14.0. The van der Waals surface area contributed by atoms with Gasteiger partial charge in [-0.2, -0.15) is 26.3 Å². The number of likely N-dealkylation sites (N-methyl/N-ethyl adjacent to an activating group) is 1. The Bertz CT molecular complexity index is 1890. The Morgan fingerprint density at radius 3 is 1.81 bits per heavy atom. The van der Waals surface area contributed by atoms with E-state index in [4.69, 9.17) is 26.2 Å². The van der Waals surface area contributed by atoms with Crippen molar-refractivity contribution in [1.29, 1.82) is 0 Å². The number of amides is 2. The predicted molar refractivity (Wildman–Crippen MR) is 177 cm³/mol. The summed E-state index contributed by atoms with van der Waals surface area (Å²) in [7, 11) is 1.33. The third-order valence-electron chi connectivity index (χ3n) is 9.02. The van der Waals surface area contributed by atoms with Gasteiger partial charge in [-0.05, 0) is 93.6 Å². The van der Waals surface area contributed by atoms with Gasteiger partial charge in [0.25, 0.3) is 0 Å². The number of nitrogens with two attached hydrogens (primary N) is 1. The Hall–Kier alpha value is -5.14. The molecule has 2 amide bonds. The number of carboxylic acid groups (broad SMARTS) is 2. The summed E-state index contributed by atoms with van der Waals surface area (Å²) in [5.74, 6) is -5.40. The van der Waals surface area contributed by atoms with Gasteiger partial charge in [0.1, 0.15) is 5.82 Å². The second kappa shape index (κ2) is 15.7. The van der Waals surface area contributed by atoms with Crippen molar-refractivity contribution in [3.63, 3.8) is 0 Å². The number of halogens is 7. The lowest BCUT2D eigenvalue weighted by Gasteiger charge is -2.32. The molecule has 3 aromatic rings. The molecule has 0 radical (unpaired) electrons. The molecular formula is C35H37F7N4O8. The van der Waals surface area contributed by atoms with Crippen molar-refractivity contribution in [2.24, 2.45) is 5.73 Å². The molecule has 0 bridgehead atoms. The monoisotopic (exact) mass is 774 g/mol. The Labute approximate surface area is 303 Å². The number of hydrogen-bond acceptors (Lipinski definition) is 8. The van der Waals surface area contributed by atoms with E-state index in [1.165, 1.54) is 45.3 Å². The number of alkyl halides is 6. The van der Waals surface area contributed by atoms with Gasteiger partial charge in [-0.15, -0.1) is 0 Å². The molecule has 1 aliphatic heterocycles. The van der Waals surface area contributed by atoms with Gasteiger partial charge in [0.2, 0.25) is 11.8 Å². The lowest BCUT2D eigenvalue weighted by atomic mass is 9.81. The van der Waals surface area contributed by atoms with Gasteiger partial charge in [0, 0.05) is 12.6 Å². The molecule has 2 aromatic carbocycles. The number of benzene rings is 2. The summed E-state index contributed by atoms with van der Waals surface area (Å²) >= 11 is 0. The van der Waals surface area contributed by atoms with E-state index in [0.29, 0.717) is 47.4 Å². The summed E-state index contributed by atoms with van der Waals surface area (Å²) < 4.78 is 95.5. The number of aliphatic hydroxyl groups excluding tert-OH is 2. The van der Waals surface area contributed by atoms with Crippen LogP contribution in [0.1, 0.15) is 67.6 Å². The third kappa shape index (κ3) is 9.50. The first-order valence-corrected chi connectivity index (χ1v) is 15.9. The number of hydrogen-bond donors (Lipinski definition) is 6. The van der Waals surface area contributed by atoms with E-state index in [-0.39, 0.29) is 11.8 Å². The molecule has 1 aromatic heterocycles. The first-order chi connectivity index (χ1) is 24.6. The largest absolute Gasteiger partial charge is 0.479 e. The van der Waals surface area contributed by atoms with Crippen molar-refractivity contribution in [3.05, 3.63) is 82.4 Å². The fourth-order valence-electron chi connectivity index (χ4n) is 5.68. The number of aromatic nitrogens is 1. The van der Waals surface area contributed by atoms with Crippen molar-refractivity contribution in [2.45, 2.75) is 82.1 Å². The van der Waals surface area contributed by atoms with Crippen LogP contribution in [0, 0.1) is 12.7 Å². The predicted octanol–water partition coefficient (Wildman–Crippen LogP) is 4.72. The first kappa shape index (κ1) is 43.3. The minimum atomic E-state index is -5.09. The Morgan fingerprint density at radius 1 is 0.889 bits per heavy atom. The molecule has 4 atom stereocenters. The summed E-state index contributed by atoms with van der Waals surface area (Å²) in [5.41, 5.74) is 1.25.